The molecule has 2 aliphatic rings. The first-order valence-electron chi connectivity index (χ1n) is 8.83. The monoisotopic (exact) mass is 338 g/mol. The first-order chi connectivity index (χ1) is 12.1. The highest BCUT2D eigenvalue weighted by molar-refractivity contribution is 5.99. The van der Waals surface area contributed by atoms with Crippen LogP contribution in [-0.4, -0.2) is 34.0 Å². The van der Waals surface area contributed by atoms with Crippen LogP contribution in [0.5, 0.6) is 0 Å². The van der Waals surface area contributed by atoms with E-state index in [4.69, 9.17) is 0 Å². The van der Waals surface area contributed by atoms with E-state index in [1.807, 2.05) is 24.3 Å². The third kappa shape index (κ3) is 3.04. The van der Waals surface area contributed by atoms with Gasteiger partial charge in [0.05, 0.1) is 6.42 Å². The standard InChI is InChI=1S/C19H22N4O2/c1-23-11-15-13(7-4-8-14(15)19(23)25)9-18(24)20-17-10-16(21-22-17)12-5-2-3-6-12/h4,7-8,10,12H,2-3,5-6,9,11H2,1H3,(H2,20,21,22,24). The van der Waals surface area contributed by atoms with E-state index in [9.17, 15) is 9.59 Å². The number of anilines is 1. The predicted molar refractivity (Wildman–Crippen MR) is 94.4 cm³/mol. The van der Waals surface area contributed by atoms with Crippen molar-refractivity contribution >= 4 is 17.6 Å². The first-order valence-corrected chi connectivity index (χ1v) is 8.83. The van der Waals surface area contributed by atoms with Crippen molar-refractivity contribution in [1.29, 1.82) is 0 Å². The molecule has 2 aromatic rings. The van der Waals surface area contributed by atoms with E-state index in [2.05, 4.69) is 15.5 Å². The summed E-state index contributed by atoms with van der Waals surface area (Å²) in [5, 5.41) is 10.1. The summed E-state index contributed by atoms with van der Waals surface area (Å²) in [5.41, 5.74) is 3.68. The second kappa shape index (κ2) is 6.35. The number of H-pyrrole nitrogens is 1. The molecule has 0 unspecified atom stereocenters. The molecule has 0 saturated heterocycles. The number of nitrogens with one attached hydrogen (secondary N) is 2. The number of hydrogen-bond acceptors (Lipinski definition) is 3. The van der Waals surface area contributed by atoms with Crippen molar-refractivity contribution in [3.05, 3.63) is 46.6 Å². The molecular formula is C19H22N4O2. The van der Waals surface area contributed by atoms with Crippen LogP contribution >= 0.6 is 0 Å². The van der Waals surface area contributed by atoms with Gasteiger partial charge in [0.15, 0.2) is 5.82 Å². The Labute approximate surface area is 146 Å². The maximum Gasteiger partial charge on any atom is 0.254 e. The number of hydrogen-bond donors (Lipinski definition) is 2. The number of aromatic amines is 1. The third-order valence-electron chi connectivity index (χ3n) is 5.26. The van der Waals surface area contributed by atoms with Crippen LogP contribution < -0.4 is 5.32 Å². The number of rotatable bonds is 4. The second-order valence-corrected chi connectivity index (χ2v) is 7.02. The molecule has 6 heteroatoms. The maximum absolute atomic E-state index is 12.4. The lowest BCUT2D eigenvalue weighted by Crippen LogP contribution is -2.17. The molecule has 130 valence electrons. The Bertz CT molecular complexity index is 821. The number of nitrogens with zero attached hydrogens (tertiary/aromatic N) is 2. The minimum absolute atomic E-state index is 0.0192. The molecule has 0 atom stereocenters. The molecule has 1 saturated carbocycles. The van der Waals surface area contributed by atoms with Gasteiger partial charge in [-0.05, 0) is 30.0 Å². The third-order valence-corrected chi connectivity index (χ3v) is 5.26. The molecule has 1 aliphatic heterocycles. The van der Waals surface area contributed by atoms with E-state index in [-0.39, 0.29) is 18.2 Å². The largest absolute Gasteiger partial charge is 0.337 e. The van der Waals surface area contributed by atoms with E-state index >= 15 is 0 Å². The van der Waals surface area contributed by atoms with Crippen LogP contribution in [0.1, 0.15) is 58.8 Å². The summed E-state index contributed by atoms with van der Waals surface area (Å²) in [6.07, 6.45) is 5.14. The summed E-state index contributed by atoms with van der Waals surface area (Å²) < 4.78 is 0. The van der Waals surface area contributed by atoms with Crippen LogP contribution in [0, 0.1) is 0 Å². The molecule has 1 fully saturated rings. The Morgan fingerprint density at radius 3 is 2.96 bits per heavy atom. The Hall–Kier alpha value is -2.63. The first kappa shape index (κ1) is 15.9. The van der Waals surface area contributed by atoms with E-state index < -0.39 is 0 Å². The van der Waals surface area contributed by atoms with Crippen LogP contribution in [0.4, 0.5) is 5.82 Å². The predicted octanol–water partition coefficient (Wildman–Crippen LogP) is 2.83. The maximum atomic E-state index is 12.4. The Morgan fingerprint density at radius 1 is 1.36 bits per heavy atom. The molecule has 2 heterocycles. The highest BCUT2D eigenvalue weighted by Gasteiger charge is 2.27. The molecule has 1 aromatic heterocycles. The van der Waals surface area contributed by atoms with Gasteiger partial charge in [0.1, 0.15) is 0 Å². The van der Waals surface area contributed by atoms with Crippen LogP contribution in [0.15, 0.2) is 24.3 Å². The van der Waals surface area contributed by atoms with E-state index in [0.717, 1.165) is 16.8 Å². The van der Waals surface area contributed by atoms with Crippen molar-refractivity contribution in [2.45, 2.75) is 44.6 Å². The zero-order valence-corrected chi connectivity index (χ0v) is 14.3. The topological polar surface area (TPSA) is 78.1 Å². The lowest BCUT2D eigenvalue weighted by atomic mass is 10.0. The number of aromatic nitrogens is 2. The van der Waals surface area contributed by atoms with Crippen molar-refractivity contribution in [2.24, 2.45) is 0 Å². The molecular weight excluding hydrogens is 316 g/mol. The van der Waals surface area contributed by atoms with Crippen LogP contribution in [-0.2, 0) is 17.8 Å². The fraction of sp³-hybridized carbons (Fsp3) is 0.421. The minimum Gasteiger partial charge on any atom is -0.337 e. The van der Waals surface area contributed by atoms with Gasteiger partial charge in [-0.25, -0.2) is 0 Å². The van der Waals surface area contributed by atoms with Gasteiger partial charge < -0.3 is 10.2 Å². The van der Waals surface area contributed by atoms with E-state index in [1.165, 1.54) is 25.7 Å². The summed E-state index contributed by atoms with van der Waals surface area (Å²) in [7, 11) is 1.78. The Kier molecular flexibility index (Phi) is 4.03. The van der Waals surface area contributed by atoms with Crippen molar-refractivity contribution in [2.75, 3.05) is 12.4 Å². The van der Waals surface area contributed by atoms with Crippen LogP contribution in [0.25, 0.3) is 0 Å². The molecule has 0 spiro atoms. The van der Waals surface area contributed by atoms with E-state index in [0.29, 0.717) is 23.8 Å². The molecule has 1 aromatic carbocycles. The lowest BCUT2D eigenvalue weighted by molar-refractivity contribution is -0.115. The number of fused-ring (bicyclic) bond motifs is 1. The van der Waals surface area contributed by atoms with Crippen LogP contribution in [0.3, 0.4) is 0 Å². The zero-order chi connectivity index (χ0) is 17.4. The molecule has 6 nitrogen and oxygen atoms in total. The van der Waals surface area contributed by atoms with Crippen molar-refractivity contribution in [1.82, 2.24) is 15.1 Å². The van der Waals surface area contributed by atoms with Gasteiger partial charge in [0.2, 0.25) is 5.91 Å². The van der Waals surface area contributed by atoms with Gasteiger partial charge in [-0.3, -0.25) is 14.7 Å². The van der Waals surface area contributed by atoms with Crippen molar-refractivity contribution < 1.29 is 9.59 Å². The quantitative estimate of drug-likeness (QED) is 0.900. The molecule has 2 amide bonds. The van der Waals surface area contributed by atoms with Gasteiger partial charge in [-0.2, -0.15) is 5.10 Å². The number of carbonyl (C=O) groups is 2. The summed E-state index contributed by atoms with van der Waals surface area (Å²) in [5.74, 6) is 1.02. The van der Waals surface area contributed by atoms with Crippen LogP contribution in [0.2, 0.25) is 0 Å². The van der Waals surface area contributed by atoms with Crippen molar-refractivity contribution in [3.8, 4) is 0 Å². The Balaban J connectivity index is 1.44. The highest BCUT2D eigenvalue weighted by Crippen LogP contribution is 2.33. The molecule has 25 heavy (non-hydrogen) atoms. The second-order valence-electron chi connectivity index (χ2n) is 7.02. The minimum atomic E-state index is -0.111. The van der Waals surface area contributed by atoms with E-state index in [1.54, 1.807) is 11.9 Å². The van der Waals surface area contributed by atoms with Gasteiger partial charge in [-0.1, -0.05) is 25.0 Å². The van der Waals surface area contributed by atoms with Gasteiger partial charge >= 0.3 is 0 Å². The molecule has 0 radical (unpaired) electrons. The Morgan fingerprint density at radius 2 is 2.16 bits per heavy atom. The van der Waals surface area contributed by atoms with Gasteiger partial charge in [0.25, 0.3) is 5.91 Å². The summed E-state index contributed by atoms with van der Waals surface area (Å²) in [6, 6.07) is 7.52. The summed E-state index contributed by atoms with van der Waals surface area (Å²) in [6.45, 7) is 0.561. The average molecular weight is 338 g/mol. The number of amides is 2. The summed E-state index contributed by atoms with van der Waals surface area (Å²) in [4.78, 5) is 26.2. The fourth-order valence-corrected chi connectivity index (χ4v) is 3.91. The molecule has 4 rings (SSSR count). The summed E-state index contributed by atoms with van der Waals surface area (Å²) >= 11 is 0. The highest BCUT2D eigenvalue weighted by atomic mass is 16.2. The fourth-order valence-electron chi connectivity index (χ4n) is 3.91. The average Bonchev–Trinajstić information content (AvgIpc) is 3.31. The lowest BCUT2D eigenvalue weighted by Gasteiger charge is -2.08. The number of benzene rings is 1. The van der Waals surface area contributed by atoms with Gasteiger partial charge in [-0.15, -0.1) is 0 Å². The molecule has 1 aliphatic carbocycles. The van der Waals surface area contributed by atoms with Gasteiger partial charge in [0, 0.05) is 36.8 Å². The molecule has 2 N–H and O–H groups in total. The zero-order valence-electron chi connectivity index (χ0n) is 14.3. The number of carbonyl (C=O) groups excluding carboxylic acids is 2. The smallest absolute Gasteiger partial charge is 0.254 e. The van der Waals surface area contributed by atoms with Crippen molar-refractivity contribution in [3.63, 3.8) is 0 Å². The SMILES string of the molecule is CN1Cc2c(CC(=O)Nc3cc(C4CCCC4)[nH]n3)cccc2C1=O. The normalized spacial score (nSPS) is 17.2. The molecule has 0 bridgehead atoms.